The molecule has 1 unspecified atom stereocenters. The van der Waals surface area contributed by atoms with Crippen molar-refractivity contribution in [2.45, 2.75) is 38.1 Å². The summed E-state index contributed by atoms with van der Waals surface area (Å²) in [7, 11) is 0. The number of halogens is 1. The van der Waals surface area contributed by atoms with Crippen LogP contribution in [0.15, 0.2) is 47.3 Å². The summed E-state index contributed by atoms with van der Waals surface area (Å²) in [5.74, 6) is 0.0214. The summed E-state index contributed by atoms with van der Waals surface area (Å²) in [6, 6.07) is 11.5. The van der Waals surface area contributed by atoms with Crippen LogP contribution in [0.25, 0.3) is 0 Å². The molecule has 2 bridgehead atoms. The van der Waals surface area contributed by atoms with Gasteiger partial charge in [-0.3, -0.25) is 14.4 Å². The summed E-state index contributed by atoms with van der Waals surface area (Å²) < 4.78 is 14.8. The number of benzene rings is 1. The minimum absolute atomic E-state index is 0.00915. The molecule has 0 aliphatic carbocycles. The number of hydrogen-bond acceptors (Lipinski definition) is 3. The standard InChI is InChI=1S/C23H26FN3O3/c24-19-6-4-16(5-7-19)10-11-25-21(28)8-9-22(29)26-13-17-12-18(15-26)20-2-1-3-23(30)27(20)14-17/h1-7,17-18H,8-15H2,(H,25,28)/t17?,18-/m1/s1. The van der Waals surface area contributed by atoms with E-state index >= 15 is 0 Å². The van der Waals surface area contributed by atoms with Crippen LogP contribution in [0.1, 0.15) is 36.4 Å². The van der Waals surface area contributed by atoms with Crippen molar-refractivity contribution in [1.29, 1.82) is 0 Å². The Morgan fingerprint density at radius 2 is 1.83 bits per heavy atom. The second-order valence-corrected chi connectivity index (χ2v) is 8.22. The average Bonchev–Trinajstić information content (AvgIpc) is 2.74. The van der Waals surface area contributed by atoms with Gasteiger partial charge in [-0.05, 0) is 42.5 Å². The number of pyridine rings is 1. The Bertz CT molecular complexity index is 986. The van der Waals surface area contributed by atoms with E-state index in [2.05, 4.69) is 5.32 Å². The average molecular weight is 411 g/mol. The first-order chi connectivity index (χ1) is 14.5. The SMILES string of the molecule is O=C(CCC(=O)N1CC2C[C@H](C1)c1cccc(=O)n1C2)NCCc1ccc(F)cc1. The molecular weight excluding hydrogens is 385 g/mol. The van der Waals surface area contributed by atoms with Crippen LogP contribution in [0.2, 0.25) is 0 Å². The van der Waals surface area contributed by atoms with Gasteiger partial charge >= 0.3 is 0 Å². The molecule has 158 valence electrons. The van der Waals surface area contributed by atoms with Crippen LogP contribution in [0.3, 0.4) is 0 Å². The molecular formula is C23H26FN3O3. The van der Waals surface area contributed by atoms with Crippen molar-refractivity contribution in [1.82, 2.24) is 14.8 Å². The van der Waals surface area contributed by atoms with E-state index in [1.807, 2.05) is 15.5 Å². The number of aromatic nitrogens is 1. The van der Waals surface area contributed by atoms with Gasteiger partial charge in [0.05, 0.1) is 0 Å². The third-order valence-electron chi connectivity index (χ3n) is 6.05. The number of piperidine rings is 1. The van der Waals surface area contributed by atoms with E-state index in [1.165, 1.54) is 12.1 Å². The molecule has 2 aromatic rings. The zero-order valence-corrected chi connectivity index (χ0v) is 16.9. The van der Waals surface area contributed by atoms with E-state index in [-0.39, 0.29) is 47.9 Å². The zero-order valence-electron chi connectivity index (χ0n) is 16.9. The van der Waals surface area contributed by atoms with Gasteiger partial charge in [0, 0.05) is 56.7 Å². The first kappa shape index (κ1) is 20.3. The first-order valence-electron chi connectivity index (χ1n) is 10.5. The van der Waals surface area contributed by atoms with Crippen molar-refractivity contribution in [2.75, 3.05) is 19.6 Å². The lowest BCUT2D eigenvalue weighted by atomic mass is 9.83. The number of rotatable bonds is 6. The Morgan fingerprint density at radius 3 is 2.63 bits per heavy atom. The molecule has 1 fully saturated rings. The molecule has 2 atom stereocenters. The molecule has 30 heavy (non-hydrogen) atoms. The van der Waals surface area contributed by atoms with Crippen LogP contribution in [-0.4, -0.2) is 40.9 Å². The predicted molar refractivity (Wildman–Crippen MR) is 110 cm³/mol. The molecule has 3 heterocycles. The molecule has 1 saturated heterocycles. The smallest absolute Gasteiger partial charge is 0.250 e. The number of likely N-dealkylation sites (tertiary alicyclic amines) is 1. The van der Waals surface area contributed by atoms with E-state index in [1.54, 1.807) is 24.3 Å². The summed E-state index contributed by atoms with van der Waals surface area (Å²) >= 11 is 0. The van der Waals surface area contributed by atoms with Gasteiger partial charge in [0.15, 0.2) is 0 Å². The summed E-state index contributed by atoms with van der Waals surface area (Å²) in [5, 5.41) is 2.82. The van der Waals surface area contributed by atoms with Gasteiger partial charge in [-0.15, -0.1) is 0 Å². The molecule has 0 spiro atoms. The van der Waals surface area contributed by atoms with Gasteiger partial charge in [0.25, 0.3) is 5.56 Å². The first-order valence-corrected chi connectivity index (χ1v) is 10.5. The predicted octanol–water partition coefficient (Wildman–Crippen LogP) is 2.07. The van der Waals surface area contributed by atoms with Gasteiger partial charge in [-0.1, -0.05) is 18.2 Å². The number of nitrogens with one attached hydrogen (secondary N) is 1. The highest BCUT2D eigenvalue weighted by atomic mass is 19.1. The van der Waals surface area contributed by atoms with Crippen LogP contribution in [-0.2, 0) is 22.6 Å². The zero-order chi connectivity index (χ0) is 21.1. The van der Waals surface area contributed by atoms with Crippen LogP contribution < -0.4 is 10.9 Å². The third kappa shape index (κ3) is 4.61. The molecule has 1 N–H and O–H groups in total. The second kappa shape index (κ2) is 8.81. The largest absolute Gasteiger partial charge is 0.356 e. The summed E-state index contributed by atoms with van der Waals surface area (Å²) in [5.41, 5.74) is 1.99. The molecule has 2 aliphatic heterocycles. The Kier molecular flexibility index (Phi) is 5.97. The Morgan fingerprint density at radius 1 is 1.03 bits per heavy atom. The monoisotopic (exact) mass is 411 g/mol. The van der Waals surface area contributed by atoms with E-state index in [0.717, 1.165) is 17.7 Å². The Labute approximate surface area is 174 Å². The van der Waals surface area contributed by atoms with Crippen LogP contribution in [0, 0.1) is 11.7 Å². The van der Waals surface area contributed by atoms with Crippen molar-refractivity contribution in [3.63, 3.8) is 0 Å². The van der Waals surface area contributed by atoms with Gasteiger partial charge in [-0.25, -0.2) is 4.39 Å². The highest BCUT2D eigenvalue weighted by Gasteiger charge is 2.36. The van der Waals surface area contributed by atoms with Crippen molar-refractivity contribution >= 4 is 11.8 Å². The normalized spacial score (nSPS) is 19.8. The van der Waals surface area contributed by atoms with Crippen molar-refractivity contribution in [3.05, 3.63) is 69.9 Å². The summed E-state index contributed by atoms with van der Waals surface area (Å²) in [6.45, 7) is 2.35. The molecule has 2 amide bonds. The Hall–Kier alpha value is -2.96. The van der Waals surface area contributed by atoms with Gasteiger partial charge in [0.2, 0.25) is 11.8 Å². The highest BCUT2D eigenvalue weighted by Crippen LogP contribution is 2.35. The molecule has 0 radical (unpaired) electrons. The summed E-state index contributed by atoms with van der Waals surface area (Å²) in [4.78, 5) is 38.7. The van der Waals surface area contributed by atoms with E-state index < -0.39 is 0 Å². The van der Waals surface area contributed by atoms with Gasteiger partial charge in [-0.2, -0.15) is 0 Å². The molecule has 1 aromatic heterocycles. The van der Waals surface area contributed by atoms with Gasteiger partial charge in [0.1, 0.15) is 5.82 Å². The summed E-state index contributed by atoms with van der Waals surface area (Å²) in [6.07, 6.45) is 1.96. The van der Waals surface area contributed by atoms with Crippen LogP contribution >= 0.6 is 0 Å². The fraction of sp³-hybridized carbons (Fsp3) is 0.435. The second-order valence-electron chi connectivity index (χ2n) is 8.22. The minimum Gasteiger partial charge on any atom is -0.356 e. The van der Waals surface area contributed by atoms with Crippen molar-refractivity contribution in [3.8, 4) is 0 Å². The molecule has 4 rings (SSSR count). The Balaban J connectivity index is 1.24. The minimum atomic E-state index is -0.279. The van der Waals surface area contributed by atoms with E-state index in [4.69, 9.17) is 0 Å². The maximum Gasteiger partial charge on any atom is 0.250 e. The lowest BCUT2D eigenvalue weighted by Gasteiger charge is -2.42. The van der Waals surface area contributed by atoms with Crippen LogP contribution in [0.4, 0.5) is 4.39 Å². The molecule has 0 saturated carbocycles. The molecule has 7 heteroatoms. The number of amides is 2. The maximum atomic E-state index is 12.9. The van der Waals surface area contributed by atoms with E-state index in [9.17, 15) is 18.8 Å². The number of carbonyl (C=O) groups excluding carboxylic acids is 2. The third-order valence-corrected chi connectivity index (χ3v) is 6.05. The molecule has 6 nitrogen and oxygen atoms in total. The van der Waals surface area contributed by atoms with Gasteiger partial charge < -0.3 is 14.8 Å². The van der Waals surface area contributed by atoms with Crippen molar-refractivity contribution < 1.29 is 14.0 Å². The quantitative estimate of drug-likeness (QED) is 0.791. The molecule has 1 aromatic carbocycles. The fourth-order valence-corrected chi connectivity index (χ4v) is 4.56. The lowest BCUT2D eigenvalue weighted by molar-refractivity contribution is -0.136. The topological polar surface area (TPSA) is 71.4 Å². The number of fused-ring (bicyclic) bond motifs is 4. The highest BCUT2D eigenvalue weighted by molar-refractivity contribution is 5.83. The van der Waals surface area contributed by atoms with Crippen LogP contribution in [0.5, 0.6) is 0 Å². The van der Waals surface area contributed by atoms with E-state index in [0.29, 0.717) is 32.6 Å². The number of nitrogens with zero attached hydrogens (tertiary/aromatic N) is 2. The number of carbonyl (C=O) groups is 2. The molecule has 2 aliphatic rings. The maximum absolute atomic E-state index is 12.9. The lowest BCUT2D eigenvalue weighted by Crippen LogP contribution is -2.49. The fourth-order valence-electron chi connectivity index (χ4n) is 4.56. The number of hydrogen-bond donors (Lipinski definition) is 1. The van der Waals surface area contributed by atoms with Crippen molar-refractivity contribution in [2.24, 2.45) is 5.92 Å².